The first kappa shape index (κ1) is 13.9. The van der Waals surface area contributed by atoms with Gasteiger partial charge in [-0.15, -0.1) is 6.42 Å². The van der Waals surface area contributed by atoms with Crippen molar-refractivity contribution in [1.29, 1.82) is 0 Å². The van der Waals surface area contributed by atoms with E-state index in [1.165, 1.54) is 10.9 Å². The summed E-state index contributed by atoms with van der Waals surface area (Å²) in [5.74, 6) is 2.36. The van der Waals surface area contributed by atoms with E-state index in [-0.39, 0.29) is 28.9 Å². The fraction of sp³-hybridized carbons (Fsp3) is 0.500. The molecule has 19 heavy (non-hydrogen) atoms. The van der Waals surface area contributed by atoms with Crippen LogP contribution in [0.2, 0.25) is 5.02 Å². The van der Waals surface area contributed by atoms with Crippen molar-refractivity contribution in [2.24, 2.45) is 0 Å². The van der Waals surface area contributed by atoms with E-state index in [9.17, 15) is 4.79 Å². The van der Waals surface area contributed by atoms with Crippen LogP contribution in [0.5, 0.6) is 0 Å². The zero-order valence-corrected chi connectivity index (χ0v) is 11.0. The van der Waals surface area contributed by atoms with E-state index < -0.39 is 0 Å². The largest absolute Gasteiger partial charge is 0.377 e. The first-order valence-corrected chi connectivity index (χ1v) is 6.22. The van der Waals surface area contributed by atoms with Crippen molar-refractivity contribution in [2.45, 2.75) is 12.6 Å². The molecule has 102 valence electrons. The van der Waals surface area contributed by atoms with Gasteiger partial charge in [0.2, 0.25) is 0 Å². The summed E-state index contributed by atoms with van der Waals surface area (Å²) < 4.78 is 11.9. The van der Waals surface area contributed by atoms with Gasteiger partial charge < -0.3 is 14.8 Å². The molecule has 1 fully saturated rings. The second-order valence-electron chi connectivity index (χ2n) is 3.98. The highest BCUT2D eigenvalue weighted by atomic mass is 35.5. The number of terminal acetylenes is 1. The number of aromatic nitrogens is 2. The number of hydrogen-bond acceptors (Lipinski definition) is 5. The van der Waals surface area contributed by atoms with Gasteiger partial charge in [-0.05, 0) is 0 Å². The molecule has 0 bridgehead atoms. The Kier molecular flexibility index (Phi) is 4.80. The van der Waals surface area contributed by atoms with E-state index in [2.05, 4.69) is 16.3 Å². The van der Waals surface area contributed by atoms with Crippen molar-refractivity contribution in [3.63, 3.8) is 0 Å². The third kappa shape index (κ3) is 3.47. The minimum Gasteiger partial charge on any atom is -0.377 e. The van der Waals surface area contributed by atoms with E-state index in [1.54, 1.807) is 0 Å². The van der Waals surface area contributed by atoms with Crippen LogP contribution < -0.4 is 10.9 Å². The molecule has 1 aliphatic rings. The fourth-order valence-corrected chi connectivity index (χ4v) is 1.89. The molecule has 0 aromatic carbocycles. The van der Waals surface area contributed by atoms with Crippen LogP contribution in [0.25, 0.3) is 0 Å². The topological polar surface area (TPSA) is 65.4 Å². The molecule has 2 heterocycles. The van der Waals surface area contributed by atoms with Crippen LogP contribution in [0.15, 0.2) is 11.0 Å². The molecule has 0 radical (unpaired) electrons. The first-order valence-electron chi connectivity index (χ1n) is 5.84. The molecular weight excluding hydrogens is 270 g/mol. The third-order valence-corrected chi connectivity index (χ3v) is 2.92. The van der Waals surface area contributed by atoms with Crippen molar-refractivity contribution in [3.8, 4) is 12.3 Å². The maximum absolute atomic E-state index is 12.0. The number of hydrogen-bond donors (Lipinski definition) is 1. The Morgan fingerprint density at radius 2 is 2.47 bits per heavy atom. The van der Waals surface area contributed by atoms with Crippen molar-refractivity contribution in [1.82, 2.24) is 9.78 Å². The summed E-state index contributed by atoms with van der Waals surface area (Å²) in [7, 11) is 0. The SMILES string of the molecule is C#CCn1ncc(Cl)c(NCC2COCCO2)c1=O. The fourth-order valence-electron chi connectivity index (χ4n) is 1.70. The van der Waals surface area contributed by atoms with E-state index in [0.717, 1.165) is 0 Å². The van der Waals surface area contributed by atoms with Gasteiger partial charge in [-0.25, -0.2) is 4.68 Å². The predicted molar refractivity (Wildman–Crippen MR) is 71.4 cm³/mol. The van der Waals surface area contributed by atoms with Gasteiger partial charge in [-0.1, -0.05) is 17.5 Å². The highest BCUT2D eigenvalue weighted by Gasteiger charge is 2.16. The normalized spacial score (nSPS) is 18.8. The van der Waals surface area contributed by atoms with Crippen molar-refractivity contribution in [2.75, 3.05) is 31.7 Å². The van der Waals surface area contributed by atoms with Crippen LogP contribution in [0.1, 0.15) is 0 Å². The molecule has 1 saturated heterocycles. The highest BCUT2D eigenvalue weighted by molar-refractivity contribution is 6.32. The molecule has 0 amide bonds. The van der Waals surface area contributed by atoms with Gasteiger partial charge >= 0.3 is 0 Å². The average Bonchev–Trinajstić information content (AvgIpc) is 2.43. The van der Waals surface area contributed by atoms with Gasteiger partial charge in [-0.2, -0.15) is 5.10 Å². The van der Waals surface area contributed by atoms with Crippen LogP contribution in [0.3, 0.4) is 0 Å². The monoisotopic (exact) mass is 283 g/mol. The van der Waals surface area contributed by atoms with Crippen molar-refractivity contribution >= 4 is 17.3 Å². The van der Waals surface area contributed by atoms with Crippen LogP contribution >= 0.6 is 11.6 Å². The number of nitrogens with one attached hydrogen (secondary N) is 1. The zero-order chi connectivity index (χ0) is 13.7. The molecule has 1 aliphatic heterocycles. The summed E-state index contributed by atoms with van der Waals surface area (Å²) in [6.07, 6.45) is 6.46. The minimum absolute atomic E-state index is 0.0986. The molecular formula is C12H14ClN3O3. The number of halogens is 1. The second-order valence-corrected chi connectivity index (χ2v) is 4.39. The number of nitrogens with zero attached hydrogens (tertiary/aromatic N) is 2. The minimum atomic E-state index is -0.345. The molecule has 1 aromatic rings. The van der Waals surface area contributed by atoms with E-state index in [0.29, 0.717) is 26.4 Å². The summed E-state index contributed by atoms with van der Waals surface area (Å²) in [6.45, 7) is 2.19. The molecule has 1 N–H and O–H groups in total. The number of anilines is 1. The Labute approximate surface area is 115 Å². The average molecular weight is 284 g/mol. The lowest BCUT2D eigenvalue weighted by molar-refractivity contribution is -0.0818. The molecule has 6 nitrogen and oxygen atoms in total. The Morgan fingerprint density at radius 3 is 3.16 bits per heavy atom. The quantitative estimate of drug-likeness (QED) is 0.808. The standard InChI is InChI=1S/C12H14ClN3O3/c1-2-3-16-12(17)11(10(13)7-15-16)14-6-9-8-18-4-5-19-9/h1,7,9,14H,3-6,8H2. The zero-order valence-electron chi connectivity index (χ0n) is 10.3. The Hall–Kier alpha value is -1.55. The molecule has 2 rings (SSSR count). The van der Waals surface area contributed by atoms with Gasteiger partial charge in [0.1, 0.15) is 12.2 Å². The molecule has 1 aromatic heterocycles. The van der Waals surface area contributed by atoms with Crippen molar-refractivity contribution in [3.05, 3.63) is 21.6 Å². The van der Waals surface area contributed by atoms with Gasteiger partial charge in [-0.3, -0.25) is 4.79 Å². The van der Waals surface area contributed by atoms with E-state index >= 15 is 0 Å². The molecule has 0 saturated carbocycles. The lowest BCUT2D eigenvalue weighted by Gasteiger charge is -2.23. The molecule has 0 aliphatic carbocycles. The van der Waals surface area contributed by atoms with Gasteiger partial charge in [0.15, 0.2) is 0 Å². The number of rotatable bonds is 4. The Morgan fingerprint density at radius 1 is 1.63 bits per heavy atom. The smallest absolute Gasteiger partial charge is 0.292 e. The summed E-state index contributed by atoms with van der Waals surface area (Å²) in [4.78, 5) is 12.0. The summed E-state index contributed by atoms with van der Waals surface area (Å²) in [5, 5.41) is 7.09. The predicted octanol–water partition coefficient (Wildman–Crippen LogP) is 0.357. The lowest BCUT2D eigenvalue weighted by Crippen LogP contribution is -2.36. The summed E-state index contributed by atoms with van der Waals surface area (Å²) in [6, 6.07) is 0. The third-order valence-electron chi connectivity index (χ3n) is 2.63. The van der Waals surface area contributed by atoms with Crippen LogP contribution in [-0.2, 0) is 16.0 Å². The molecule has 7 heteroatoms. The second kappa shape index (κ2) is 6.57. The maximum Gasteiger partial charge on any atom is 0.292 e. The van der Waals surface area contributed by atoms with E-state index in [4.69, 9.17) is 27.5 Å². The maximum atomic E-state index is 12.0. The van der Waals surface area contributed by atoms with Crippen molar-refractivity contribution < 1.29 is 9.47 Å². The lowest BCUT2D eigenvalue weighted by atomic mass is 10.3. The Bertz CT molecular complexity index is 532. The van der Waals surface area contributed by atoms with E-state index in [1.807, 2.05) is 0 Å². The summed E-state index contributed by atoms with van der Waals surface area (Å²) >= 11 is 5.96. The van der Waals surface area contributed by atoms with Gasteiger partial charge in [0.25, 0.3) is 5.56 Å². The molecule has 1 atom stereocenters. The number of ether oxygens (including phenoxy) is 2. The van der Waals surface area contributed by atoms with Crippen LogP contribution in [0, 0.1) is 12.3 Å². The van der Waals surface area contributed by atoms with Crippen LogP contribution in [0.4, 0.5) is 5.69 Å². The van der Waals surface area contributed by atoms with Gasteiger partial charge in [0.05, 0.1) is 37.1 Å². The Balaban J connectivity index is 2.08. The van der Waals surface area contributed by atoms with Gasteiger partial charge in [0, 0.05) is 6.54 Å². The molecule has 1 unspecified atom stereocenters. The van der Waals surface area contributed by atoms with Crippen LogP contribution in [-0.4, -0.2) is 42.2 Å². The molecule has 0 spiro atoms. The first-order chi connectivity index (χ1) is 9.22. The highest BCUT2D eigenvalue weighted by Crippen LogP contribution is 2.15. The summed E-state index contributed by atoms with van der Waals surface area (Å²) in [5.41, 5.74) is -0.0664.